The van der Waals surface area contributed by atoms with Gasteiger partial charge in [-0.1, -0.05) is 17.9 Å². The first-order valence-corrected chi connectivity index (χ1v) is 12.3. The Morgan fingerprint density at radius 3 is 2.73 bits per heavy atom. The van der Waals surface area contributed by atoms with Gasteiger partial charge in [-0.25, -0.2) is 8.78 Å². The standard InChI is InChI=1S/C29H30F2N2O4/c1-37-21-8-9-27-24(17-21)22(11-13-32-27)28(34)10-7-19-12-15-33(18-20(19)16-29(35)36)14-3-4-23-25(30)5-2-6-26(23)31/h2,5-6,8-9,11,13,17,19-20,28,34H,7,10,12,14-16,18H2,1H3,(H,35,36)/t19-,20+,28?/m1/s1. The highest BCUT2D eigenvalue weighted by atomic mass is 19.1. The highest BCUT2D eigenvalue weighted by molar-refractivity contribution is 5.83. The summed E-state index contributed by atoms with van der Waals surface area (Å²) in [5, 5.41) is 21.3. The molecule has 1 unspecified atom stereocenters. The lowest BCUT2D eigenvalue weighted by molar-refractivity contribution is -0.139. The molecule has 6 nitrogen and oxygen atoms in total. The quantitative estimate of drug-likeness (QED) is 0.426. The largest absolute Gasteiger partial charge is 0.497 e. The second kappa shape index (κ2) is 12.1. The van der Waals surface area contributed by atoms with E-state index in [0.29, 0.717) is 38.2 Å². The fraction of sp³-hybridized carbons (Fsp3) is 0.379. The van der Waals surface area contributed by atoms with Gasteiger partial charge >= 0.3 is 5.97 Å². The number of carboxylic acids is 1. The van der Waals surface area contributed by atoms with Crippen LogP contribution in [-0.4, -0.2) is 52.8 Å². The Morgan fingerprint density at radius 1 is 1.22 bits per heavy atom. The lowest BCUT2D eigenvalue weighted by Crippen LogP contribution is -2.41. The van der Waals surface area contributed by atoms with Crippen LogP contribution in [-0.2, 0) is 4.79 Å². The number of rotatable bonds is 8. The number of likely N-dealkylation sites (tertiary alicyclic amines) is 1. The van der Waals surface area contributed by atoms with Crippen molar-refractivity contribution in [3.8, 4) is 17.6 Å². The number of carboxylic acid groups (broad SMARTS) is 1. The van der Waals surface area contributed by atoms with Gasteiger partial charge in [0, 0.05) is 24.5 Å². The molecule has 1 aromatic heterocycles. The average Bonchev–Trinajstić information content (AvgIpc) is 2.88. The van der Waals surface area contributed by atoms with Crippen LogP contribution in [0.25, 0.3) is 10.9 Å². The van der Waals surface area contributed by atoms with Crippen LogP contribution in [0.15, 0.2) is 48.7 Å². The van der Waals surface area contributed by atoms with Crippen molar-refractivity contribution in [3.05, 3.63) is 71.4 Å². The first-order valence-electron chi connectivity index (χ1n) is 12.3. The molecular weight excluding hydrogens is 478 g/mol. The maximum atomic E-state index is 13.8. The monoisotopic (exact) mass is 508 g/mol. The summed E-state index contributed by atoms with van der Waals surface area (Å²) in [7, 11) is 1.59. The molecule has 2 aromatic carbocycles. The molecule has 0 radical (unpaired) electrons. The second-order valence-electron chi connectivity index (χ2n) is 9.42. The van der Waals surface area contributed by atoms with Crippen molar-refractivity contribution in [1.29, 1.82) is 0 Å². The molecule has 194 valence electrons. The van der Waals surface area contributed by atoms with Crippen LogP contribution in [0.5, 0.6) is 5.75 Å². The second-order valence-corrected chi connectivity index (χ2v) is 9.42. The van der Waals surface area contributed by atoms with E-state index in [-0.39, 0.29) is 23.8 Å². The van der Waals surface area contributed by atoms with E-state index >= 15 is 0 Å². The zero-order valence-corrected chi connectivity index (χ0v) is 20.7. The number of aliphatic carboxylic acids is 1. The molecule has 1 saturated heterocycles. The Labute approximate surface area is 214 Å². The third kappa shape index (κ3) is 6.62. The number of hydrogen-bond donors (Lipinski definition) is 2. The van der Waals surface area contributed by atoms with Crippen LogP contribution < -0.4 is 4.74 Å². The molecule has 0 aliphatic carbocycles. The number of aliphatic hydroxyl groups is 1. The van der Waals surface area contributed by atoms with E-state index in [1.165, 1.54) is 18.2 Å². The van der Waals surface area contributed by atoms with Crippen molar-refractivity contribution in [1.82, 2.24) is 9.88 Å². The lowest BCUT2D eigenvalue weighted by Gasteiger charge is -2.37. The Bertz CT molecular complexity index is 1300. The summed E-state index contributed by atoms with van der Waals surface area (Å²) in [6.45, 7) is 1.52. The smallest absolute Gasteiger partial charge is 0.303 e. The highest BCUT2D eigenvalue weighted by Crippen LogP contribution is 2.34. The molecule has 1 aliphatic heterocycles. The number of pyridine rings is 1. The van der Waals surface area contributed by atoms with E-state index in [1.54, 1.807) is 19.4 Å². The zero-order chi connectivity index (χ0) is 26.4. The number of aromatic nitrogens is 1. The highest BCUT2D eigenvalue weighted by Gasteiger charge is 2.31. The van der Waals surface area contributed by atoms with Crippen molar-refractivity contribution in [2.24, 2.45) is 11.8 Å². The molecule has 1 fully saturated rings. The predicted octanol–water partition coefficient (Wildman–Crippen LogP) is 4.80. The minimum absolute atomic E-state index is 0.0159. The predicted molar refractivity (Wildman–Crippen MR) is 136 cm³/mol. The normalized spacial score (nSPS) is 18.7. The third-order valence-corrected chi connectivity index (χ3v) is 7.04. The number of fused-ring (bicyclic) bond motifs is 1. The molecule has 8 heteroatoms. The summed E-state index contributed by atoms with van der Waals surface area (Å²) < 4.78 is 33.0. The van der Waals surface area contributed by atoms with Gasteiger partial charge in [-0.15, -0.1) is 0 Å². The molecule has 3 atom stereocenters. The molecular formula is C29H30F2N2O4. The van der Waals surface area contributed by atoms with E-state index < -0.39 is 23.7 Å². The van der Waals surface area contributed by atoms with Gasteiger partial charge in [-0.05, 0) is 79.6 Å². The molecule has 0 saturated carbocycles. The summed E-state index contributed by atoms with van der Waals surface area (Å²) >= 11 is 0. The number of hydrogen-bond acceptors (Lipinski definition) is 5. The van der Waals surface area contributed by atoms with Gasteiger partial charge in [0.2, 0.25) is 0 Å². The maximum Gasteiger partial charge on any atom is 0.303 e. The first-order chi connectivity index (χ1) is 17.9. The lowest BCUT2D eigenvalue weighted by atomic mass is 9.79. The molecule has 2 heterocycles. The molecule has 0 bridgehead atoms. The van der Waals surface area contributed by atoms with Gasteiger partial charge in [0.15, 0.2) is 0 Å². The van der Waals surface area contributed by atoms with Gasteiger partial charge in [-0.2, -0.15) is 0 Å². The van der Waals surface area contributed by atoms with Crippen LogP contribution in [0.2, 0.25) is 0 Å². The number of carbonyl (C=O) groups is 1. The van der Waals surface area contributed by atoms with E-state index in [4.69, 9.17) is 4.74 Å². The van der Waals surface area contributed by atoms with Gasteiger partial charge in [0.05, 0.1) is 30.8 Å². The topological polar surface area (TPSA) is 82.9 Å². The molecule has 37 heavy (non-hydrogen) atoms. The first kappa shape index (κ1) is 26.5. The average molecular weight is 509 g/mol. The number of halogens is 2. The molecule has 3 aromatic rings. The molecule has 0 spiro atoms. The summed E-state index contributed by atoms with van der Waals surface area (Å²) in [5.74, 6) is 3.83. The Morgan fingerprint density at radius 2 is 2.00 bits per heavy atom. The van der Waals surface area contributed by atoms with Gasteiger partial charge < -0.3 is 14.9 Å². The van der Waals surface area contributed by atoms with Crippen molar-refractivity contribution in [2.45, 2.75) is 31.8 Å². The third-order valence-electron chi connectivity index (χ3n) is 7.04. The van der Waals surface area contributed by atoms with E-state index in [1.807, 2.05) is 23.1 Å². The van der Waals surface area contributed by atoms with Gasteiger partial charge in [-0.3, -0.25) is 14.7 Å². The summed E-state index contributed by atoms with van der Waals surface area (Å²) in [4.78, 5) is 18.0. The fourth-order valence-electron chi connectivity index (χ4n) is 5.08. The summed E-state index contributed by atoms with van der Waals surface area (Å²) in [6.07, 6.45) is 2.89. The van der Waals surface area contributed by atoms with Gasteiger partial charge in [0.1, 0.15) is 17.4 Å². The molecule has 0 amide bonds. The number of nitrogens with zero attached hydrogens (tertiary/aromatic N) is 2. The minimum Gasteiger partial charge on any atom is -0.497 e. The van der Waals surface area contributed by atoms with Crippen molar-refractivity contribution < 1.29 is 28.5 Å². The Hall–Kier alpha value is -3.54. The Kier molecular flexibility index (Phi) is 8.70. The number of aliphatic hydroxyl groups excluding tert-OH is 1. The van der Waals surface area contributed by atoms with Crippen molar-refractivity contribution >= 4 is 16.9 Å². The van der Waals surface area contributed by atoms with Crippen LogP contribution in [0, 0.1) is 35.3 Å². The van der Waals surface area contributed by atoms with Crippen molar-refractivity contribution in [3.63, 3.8) is 0 Å². The van der Waals surface area contributed by atoms with E-state index in [0.717, 1.165) is 22.9 Å². The minimum atomic E-state index is -0.871. The van der Waals surface area contributed by atoms with E-state index in [9.17, 15) is 23.8 Å². The summed E-state index contributed by atoms with van der Waals surface area (Å²) in [5.41, 5.74) is 1.28. The van der Waals surface area contributed by atoms with Crippen molar-refractivity contribution in [2.75, 3.05) is 26.7 Å². The Balaban J connectivity index is 1.40. The summed E-state index contributed by atoms with van der Waals surface area (Å²) in [6, 6.07) is 11.0. The molecule has 1 aliphatic rings. The van der Waals surface area contributed by atoms with Crippen LogP contribution in [0.4, 0.5) is 8.78 Å². The van der Waals surface area contributed by atoms with Crippen LogP contribution in [0.1, 0.15) is 42.9 Å². The SMILES string of the molecule is COc1ccc2nccc(C(O)CC[C@@H]3CCN(CC#Cc4c(F)cccc4F)C[C@@H]3CC(=O)O)c2c1. The fourth-order valence-corrected chi connectivity index (χ4v) is 5.08. The van der Waals surface area contributed by atoms with Gasteiger partial charge in [0.25, 0.3) is 0 Å². The number of benzene rings is 2. The maximum absolute atomic E-state index is 13.8. The zero-order valence-electron chi connectivity index (χ0n) is 20.7. The van der Waals surface area contributed by atoms with E-state index in [2.05, 4.69) is 16.8 Å². The number of ether oxygens (including phenoxy) is 1. The number of piperidine rings is 1. The molecule has 4 rings (SSSR count). The van der Waals surface area contributed by atoms with Crippen LogP contribution >= 0.6 is 0 Å². The molecule has 2 N–H and O–H groups in total. The number of methoxy groups -OCH3 is 1. The van der Waals surface area contributed by atoms with Crippen LogP contribution in [0.3, 0.4) is 0 Å².